The zero-order chi connectivity index (χ0) is 27.1. The van der Waals surface area contributed by atoms with Gasteiger partial charge in [0, 0.05) is 40.8 Å². The van der Waals surface area contributed by atoms with Crippen LogP contribution in [0.5, 0.6) is 23.0 Å². The van der Waals surface area contributed by atoms with Crippen molar-refractivity contribution in [2.45, 2.75) is 25.2 Å². The van der Waals surface area contributed by atoms with Gasteiger partial charge in [-0.05, 0) is 42.7 Å². The zero-order valence-electron chi connectivity index (χ0n) is 21.7. The molecule has 0 spiro atoms. The van der Waals surface area contributed by atoms with Crippen LogP contribution in [0.25, 0.3) is 5.76 Å². The van der Waals surface area contributed by atoms with Crippen LogP contribution in [0.1, 0.15) is 36.3 Å². The van der Waals surface area contributed by atoms with Crippen molar-refractivity contribution in [1.82, 2.24) is 0 Å². The zero-order valence-corrected chi connectivity index (χ0v) is 21.7. The van der Waals surface area contributed by atoms with Gasteiger partial charge in [0.05, 0.1) is 19.9 Å². The number of fused-ring (bicyclic) bond motifs is 1. The minimum atomic E-state index is -0.678. The van der Waals surface area contributed by atoms with E-state index in [1.807, 2.05) is 36.4 Å². The van der Waals surface area contributed by atoms with Gasteiger partial charge in [-0.15, -0.1) is 0 Å². The van der Waals surface area contributed by atoms with E-state index < -0.39 is 5.92 Å². The molecule has 1 aliphatic carbocycles. The SMILES string of the molecule is COc1ccc(OC)c(N2C(=N)/C(=C(/O)c3ccccc3)C(c3ccc4c(c3)OCO4)C3=C2CCCC3=O)c1. The molecule has 1 unspecified atom stereocenters. The van der Waals surface area contributed by atoms with Crippen LogP contribution in [0.2, 0.25) is 0 Å². The van der Waals surface area contributed by atoms with E-state index in [-0.39, 0.29) is 24.2 Å². The van der Waals surface area contributed by atoms with Crippen molar-refractivity contribution >= 4 is 23.1 Å². The number of allylic oxidation sites excluding steroid dienone is 2. The number of anilines is 1. The first-order chi connectivity index (χ1) is 19.0. The van der Waals surface area contributed by atoms with E-state index >= 15 is 0 Å². The lowest BCUT2D eigenvalue weighted by molar-refractivity contribution is -0.116. The first-order valence-electron chi connectivity index (χ1n) is 12.8. The number of nitrogens with one attached hydrogen (secondary N) is 1. The van der Waals surface area contributed by atoms with Gasteiger partial charge in [0.1, 0.15) is 23.1 Å². The maximum atomic E-state index is 13.7. The van der Waals surface area contributed by atoms with Crippen LogP contribution in [0.15, 0.2) is 83.6 Å². The number of amidine groups is 1. The molecular weight excluding hydrogens is 496 g/mol. The number of ether oxygens (including phenoxy) is 4. The molecule has 0 bridgehead atoms. The summed E-state index contributed by atoms with van der Waals surface area (Å²) in [4.78, 5) is 15.5. The molecule has 0 saturated heterocycles. The van der Waals surface area contributed by atoms with E-state index in [0.29, 0.717) is 64.7 Å². The summed E-state index contributed by atoms with van der Waals surface area (Å²) in [6, 6.07) is 20.0. The maximum Gasteiger partial charge on any atom is 0.231 e. The molecule has 3 aromatic carbocycles. The van der Waals surface area contributed by atoms with Crippen molar-refractivity contribution in [3.63, 3.8) is 0 Å². The third-order valence-corrected chi connectivity index (χ3v) is 7.41. The Morgan fingerprint density at radius 3 is 2.54 bits per heavy atom. The van der Waals surface area contributed by atoms with Crippen LogP contribution in [-0.4, -0.2) is 37.7 Å². The summed E-state index contributed by atoms with van der Waals surface area (Å²) in [6.45, 7) is 0.119. The van der Waals surface area contributed by atoms with Crippen molar-refractivity contribution in [1.29, 1.82) is 5.41 Å². The standard InChI is InChI=1S/C31H28N2O6/c1-36-20-12-14-24(37-2)22(16-20)33-21-9-6-10-23(34)28(21)27(19-11-13-25-26(15-19)39-17-38-25)29(31(33)32)30(35)18-7-4-3-5-8-18/h3-5,7-8,11-16,27,32,35H,6,9-10,17H2,1-2H3/b30-29+,32-31?. The van der Waals surface area contributed by atoms with Gasteiger partial charge >= 0.3 is 0 Å². The molecule has 39 heavy (non-hydrogen) atoms. The minimum Gasteiger partial charge on any atom is -0.507 e. The fourth-order valence-electron chi connectivity index (χ4n) is 5.61. The molecule has 2 heterocycles. The Bertz CT molecular complexity index is 1540. The van der Waals surface area contributed by atoms with Crippen LogP contribution in [0.4, 0.5) is 5.69 Å². The molecule has 8 heteroatoms. The van der Waals surface area contributed by atoms with Crippen LogP contribution in [0.3, 0.4) is 0 Å². The normalized spacial score (nSPS) is 19.6. The summed E-state index contributed by atoms with van der Waals surface area (Å²) < 4.78 is 22.3. The molecule has 6 rings (SSSR count). The molecular formula is C31H28N2O6. The lowest BCUT2D eigenvalue weighted by Crippen LogP contribution is -2.42. The van der Waals surface area contributed by atoms with Gasteiger partial charge in [0.2, 0.25) is 6.79 Å². The van der Waals surface area contributed by atoms with E-state index in [4.69, 9.17) is 18.9 Å². The molecule has 2 N–H and O–H groups in total. The number of hydrogen-bond acceptors (Lipinski definition) is 7. The van der Waals surface area contributed by atoms with E-state index in [0.717, 1.165) is 11.3 Å². The number of methoxy groups -OCH3 is 2. The molecule has 0 saturated carbocycles. The summed E-state index contributed by atoms with van der Waals surface area (Å²) in [5, 5.41) is 21.3. The van der Waals surface area contributed by atoms with E-state index in [9.17, 15) is 15.3 Å². The van der Waals surface area contributed by atoms with Gasteiger partial charge < -0.3 is 24.1 Å². The molecule has 0 amide bonds. The number of carbonyl (C=O) groups is 1. The Balaban J connectivity index is 1.66. The van der Waals surface area contributed by atoms with Gasteiger partial charge in [-0.2, -0.15) is 0 Å². The largest absolute Gasteiger partial charge is 0.507 e. The molecule has 3 aromatic rings. The fraction of sp³-hybridized carbons (Fsp3) is 0.226. The Kier molecular flexibility index (Phi) is 6.23. The lowest BCUT2D eigenvalue weighted by atomic mass is 9.73. The van der Waals surface area contributed by atoms with E-state index in [2.05, 4.69) is 0 Å². The number of benzene rings is 3. The van der Waals surface area contributed by atoms with Crippen LogP contribution >= 0.6 is 0 Å². The van der Waals surface area contributed by atoms with Crippen molar-refractivity contribution in [3.05, 3.63) is 94.7 Å². The molecule has 2 aliphatic heterocycles. The predicted molar refractivity (Wildman–Crippen MR) is 147 cm³/mol. The molecule has 1 atom stereocenters. The first kappa shape index (κ1) is 24.6. The molecule has 3 aliphatic rings. The maximum absolute atomic E-state index is 13.7. The summed E-state index contributed by atoms with van der Waals surface area (Å²) in [5.74, 6) is 1.58. The van der Waals surface area contributed by atoms with Gasteiger partial charge in [-0.3, -0.25) is 15.1 Å². The second kappa shape index (κ2) is 9.87. The predicted octanol–water partition coefficient (Wildman–Crippen LogP) is 5.99. The average Bonchev–Trinajstić information content (AvgIpc) is 3.44. The smallest absolute Gasteiger partial charge is 0.231 e. The quantitative estimate of drug-likeness (QED) is 0.395. The summed E-state index contributed by atoms with van der Waals surface area (Å²) in [7, 11) is 3.14. The number of Topliss-reactive ketones (excluding diaryl/α,β-unsaturated/α-hetero) is 1. The Hall–Kier alpha value is -4.72. The number of aliphatic hydroxyl groups is 1. The second-order valence-corrected chi connectivity index (χ2v) is 9.53. The Morgan fingerprint density at radius 2 is 1.77 bits per heavy atom. The van der Waals surface area contributed by atoms with Gasteiger partial charge in [0.25, 0.3) is 0 Å². The molecule has 0 aromatic heterocycles. The second-order valence-electron chi connectivity index (χ2n) is 9.53. The van der Waals surface area contributed by atoms with Crippen molar-refractivity contribution in [3.8, 4) is 23.0 Å². The van der Waals surface area contributed by atoms with Crippen LogP contribution in [-0.2, 0) is 4.79 Å². The number of hydrogen-bond donors (Lipinski definition) is 2. The molecule has 8 nitrogen and oxygen atoms in total. The number of aliphatic hydroxyl groups excluding tert-OH is 1. The van der Waals surface area contributed by atoms with Crippen molar-refractivity contribution in [2.75, 3.05) is 25.9 Å². The highest BCUT2D eigenvalue weighted by molar-refractivity contribution is 6.20. The number of rotatable bonds is 5. The van der Waals surface area contributed by atoms with Crippen molar-refractivity contribution < 1.29 is 28.8 Å². The van der Waals surface area contributed by atoms with Gasteiger partial charge in [-0.1, -0.05) is 36.4 Å². The lowest BCUT2D eigenvalue weighted by Gasteiger charge is -2.42. The van der Waals surface area contributed by atoms with Crippen molar-refractivity contribution in [2.24, 2.45) is 0 Å². The average molecular weight is 525 g/mol. The Labute approximate surface area is 226 Å². The number of carbonyl (C=O) groups excluding carboxylic acids is 1. The topological polar surface area (TPSA) is 101 Å². The number of nitrogens with zero attached hydrogens (tertiary/aromatic N) is 1. The third-order valence-electron chi connectivity index (χ3n) is 7.41. The van der Waals surface area contributed by atoms with Gasteiger partial charge in [0.15, 0.2) is 17.3 Å². The minimum absolute atomic E-state index is 0.0170. The van der Waals surface area contributed by atoms with Crippen LogP contribution in [0, 0.1) is 5.41 Å². The molecule has 0 radical (unpaired) electrons. The highest BCUT2D eigenvalue weighted by Gasteiger charge is 2.44. The highest BCUT2D eigenvalue weighted by atomic mass is 16.7. The van der Waals surface area contributed by atoms with E-state index in [1.54, 1.807) is 49.5 Å². The summed E-state index contributed by atoms with van der Waals surface area (Å²) in [6.07, 6.45) is 1.63. The van der Waals surface area contributed by atoms with Gasteiger partial charge in [-0.25, -0.2) is 0 Å². The molecule has 0 fully saturated rings. The van der Waals surface area contributed by atoms with Crippen LogP contribution < -0.4 is 23.8 Å². The summed E-state index contributed by atoms with van der Waals surface area (Å²) >= 11 is 0. The molecule has 198 valence electrons. The number of ketones is 1. The van der Waals surface area contributed by atoms with E-state index in [1.165, 1.54) is 0 Å². The summed E-state index contributed by atoms with van der Waals surface area (Å²) in [5.41, 5.74) is 3.44. The Morgan fingerprint density at radius 1 is 0.974 bits per heavy atom. The first-order valence-corrected chi connectivity index (χ1v) is 12.8. The highest BCUT2D eigenvalue weighted by Crippen LogP contribution is 2.50. The fourth-order valence-corrected chi connectivity index (χ4v) is 5.61. The monoisotopic (exact) mass is 524 g/mol. The third kappa shape index (κ3) is 4.09.